The van der Waals surface area contributed by atoms with Crippen LogP contribution in [0.5, 0.6) is 0 Å². The zero-order chi connectivity index (χ0) is 12.4. The third-order valence-corrected chi connectivity index (χ3v) is 4.23. The zero-order valence-electron chi connectivity index (χ0n) is 9.14. The number of rotatable bonds is 2. The number of halogens is 3. The van der Waals surface area contributed by atoms with Crippen LogP contribution in [0.1, 0.15) is 13.3 Å². The highest BCUT2D eigenvalue weighted by molar-refractivity contribution is 8.15. The van der Waals surface area contributed by atoms with Gasteiger partial charge >= 0.3 is 0 Å². The first-order valence-electron chi connectivity index (χ1n) is 5.22. The van der Waals surface area contributed by atoms with Crippen LogP contribution in [0, 0.1) is 5.82 Å². The Kier molecular flexibility index (Phi) is 4.17. The van der Waals surface area contributed by atoms with Gasteiger partial charge in [-0.25, -0.2) is 4.39 Å². The molecule has 1 atom stereocenters. The molecule has 1 aliphatic heterocycles. The second-order valence-corrected chi connectivity index (χ2v) is 5.78. The maximum Gasteiger partial charge on any atom is 0.161 e. The molecule has 1 aromatic rings. The largest absolute Gasteiger partial charge is 0.335 e. The van der Waals surface area contributed by atoms with Crippen molar-refractivity contribution in [3.05, 3.63) is 28.0 Å². The average Bonchev–Trinajstić information content (AvgIpc) is 2.73. The molecule has 1 N–H and O–H groups in total. The summed E-state index contributed by atoms with van der Waals surface area (Å²) in [4.78, 5) is 4.35. The molecule has 0 fully saturated rings. The zero-order valence-corrected chi connectivity index (χ0v) is 11.5. The van der Waals surface area contributed by atoms with Crippen LogP contribution in [0.4, 0.5) is 10.1 Å². The molecule has 2 nitrogen and oxygen atoms in total. The number of amidine groups is 1. The molecular formula is C11H11Cl2FN2S. The van der Waals surface area contributed by atoms with E-state index in [1.54, 1.807) is 11.8 Å². The van der Waals surface area contributed by atoms with Crippen molar-refractivity contribution in [3.8, 4) is 0 Å². The van der Waals surface area contributed by atoms with Gasteiger partial charge in [-0.2, -0.15) is 0 Å². The molecule has 1 unspecified atom stereocenters. The molecule has 0 amide bonds. The van der Waals surface area contributed by atoms with Crippen molar-refractivity contribution in [1.82, 2.24) is 0 Å². The summed E-state index contributed by atoms with van der Waals surface area (Å²) in [7, 11) is 0. The van der Waals surface area contributed by atoms with Crippen LogP contribution in [0.3, 0.4) is 0 Å². The Hall–Kier alpha value is -0.450. The molecule has 0 saturated heterocycles. The van der Waals surface area contributed by atoms with Gasteiger partial charge in [0.1, 0.15) is 0 Å². The Morgan fingerprint density at radius 2 is 2.12 bits per heavy atom. The highest BCUT2D eigenvalue weighted by Gasteiger charge is 2.18. The van der Waals surface area contributed by atoms with Gasteiger partial charge in [0.15, 0.2) is 11.0 Å². The van der Waals surface area contributed by atoms with Gasteiger partial charge in [-0.05, 0) is 18.6 Å². The fourth-order valence-electron chi connectivity index (χ4n) is 1.45. The van der Waals surface area contributed by atoms with Gasteiger partial charge in [0, 0.05) is 10.9 Å². The summed E-state index contributed by atoms with van der Waals surface area (Å²) in [5, 5.41) is 4.46. The van der Waals surface area contributed by atoms with Crippen molar-refractivity contribution in [1.29, 1.82) is 0 Å². The average molecular weight is 293 g/mol. The van der Waals surface area contributed by atoms with E-state index in [2.05, 4.69) is 17.2 Å². The van der Waals surface area contributed by atoms with Crippen LogP contribution in [0.25, 0.3) is 0 Å². The van der Waals surface area contributed by atoms with Crippen molar-refractivity contribution < 1.29 is 4.39 Å². The lowest BCUT2D eigenvalue weighted by atomic mass is 10.3. The predicted molar refractivity (Wildman–Crippen MR) is 74.0 cm³/mol. The second-order valence-electron chi connectivity index (χ2n) is 3.67. The van der Waals surface area contributed by atoms with Gasteiger partial charge < -0.3 is 5.32 Å². The van der Waals surface area contributed by atoms with Crippen LogP contribution < -0.4 is 5.32 Å². The molecule has 1 aromatic carbocycles. The van der Waals surface area contributed by atoms with E-state index in [1.165, 1.54) is 12.1 Å². The highest BCUT2D eigenvalue weighted by Crippen LogP contribution is 2.30. The van der Waals surface area contributed by atoms with E-state index in [0.717, 1.165) is 18.1 Å². The molecule has 0 spiro atoms. The van der Waals surface area contributed by atoms with Crippen molar-refractivity contribution in [2.24, 2.45) is 4.99 Å². The predicted octanol–water partition coefficient (Wildman–Crippen LogP) is 4.43. The van der Waals surface area contributed by atoms with E-state index in [0.29, 0.717) is 10.9 Å². The summed E-state index contributed by atoms with van der Waals surface area (Å²) in [6, 6.07) is 3.01. The minimum Gasteiger partial charge on any atom is -0.335 e. The Balaban J connectivity index is 2.10. The monoisotopic (exact) mass is 292 g/mol. The first-order chi connectivity index (χ1) is 8.10. The van der Waals surface area contributed by atoms with Gasteiger partial charge in [-0.3, -0.25) is 4.99 Å². The number of nitrogens with zero attached hydrogens (tertiary/aromatic N) is 1. The van der Waals surface area contributed by atoms with Crippen molar-refractivity contribution >= 4 is 45.8 Å². The Morgan fingerprint density at radius 3 is 2.65 bits per heavy atom. The Morgan fingerprint density at radius 1 is 1.47 bits per heavy atom. The second kappa shape index (κ2) is 5.46. The normalized spacial score (nSPS) is 19.3. The van der Waals surface area contributed by atoms with Gasteiger partial charge in [-0.15, -0.1) is 0 Å². The Bertz CT molecular complexity index is 442. The molecule has 0 radical (unpaired) electrons. The third kappa shape index (κ3) is 3.06. The van der Waals surface area contributed by atoms with Crippen molar-refractivity contribution in [2.75, 3.05) is 11.9 Å². The number of nitrogens with one attached hydrogen (secondary N) is 1. The lowest BCUT2D eigenvalue weighted by Crippen LogP contribution is -2.07. The quantitative estimate of drug-likeness (QED) is 0.816. The molecule has 0 bridgehead atoms. The number of hydrogen-bond donors (Lipinski definition) is 1. The molecule has 17 heavy (non-hydrogen) atoms. The number of anilines is 1. The summed E-state index contributed by atoms with van der Waals surface area (Å²) in [6.07, 6.45) is 1.07. The van der Waals surface area contributed by atoms with Crippen LogP contribution >= 0.6 is 35.0 Å². The number of benzene rings is 1. The fourth-order valence-corrected chi connectivity index (χ4v) is 2.89. The molecule has 0 aromatic heterocycles. The van der Waals surface area contributed by atoms with Crippen LogP contribution in [0.2, 0.25) is 10.0 Å². The summed E-state index contributed by atoms with van der Waals surface area (Å²) >= 11 is 13.1. The van der Waals surface area contributed by atoms with Crippen LogP contribution in [-0.4, -0.2) is 17.0 Å². The third-order valence-electron chi connectivity index (χ3n) is 2.41. The minimum absolute atomic E-state index is 0.00985. The van der Waals surface area contributed by atoms with E-state index in [1.807, 2.05) is 0 Å². The van der Waals surface area contributed by atoms with E-state index in [9.17, 15) is 4.39 Å². The molecular weight excluding hydrogens is 282 g/mol. The van der Waals surface area contributed by atoms with Gasteiger partial charge in [0.05, 0.1) is 16.6 Å². The van der Waals surface area contributed by atoms with E-state index in [-0.39, 0.29) is 10.0 Å². The first kappa shape index (κ1) is 13.0. The molecule has 92 valence electrons. The van der Waals surface area contributed by atoms with Crippen molar-refractivity contribution in [3.63, 3.8) is 0 Å². The summed E-state index contributed by atoms with van der Waals surface area (Å²) in [5.74, 6) is -0.591. The summed E-state index contributed by atoms with van der Waals surface area (Å²) in [5.41, 5.74) is 0.657. The van der Waals surface area contributed by atoms with E-state index in [4.69, 9.17) is 23.2 Å². The molecule has 1 heterocycles. The highest BCUT2D eigenvalue weighted by atomic mass is 35.5. The maximum atomic E-state index is 13.2. The van der Waals surface area contributed by atoms with E-state index >= 15 is 0 Å². The first-order valence-corrected chi connectivity index (χ1v) is 6.86. The Labute approximate surface area is 114 Å². The molecule has 1 aliphatic rings. The van der Waals surface area contributed by atoms with Crippen molar-refractivity contribution in [2.45, 2.75) is 18.6 Å². The number of aliphatic imine (C=N–C) groups is 1. The topological polar surface area (TPSA) is 24.4 Å². The standard InChI is InChI=1S/C11H11Cl2FN2S/c1-2-7-5-15-11(17-7)16-6-3-8(12)10(14)9(13)4-6/h3-4,7H,2,5H2,1H3,(H,15,16). The maximum absolute atomic E-state index is 13.2. The van der Waals surface area contributed by atoms with Crippen LogP contribution in [0.15, 0.2) is 17.1 Å². The molecule has 2 rings (SSSR count). The van der Waals surface area contributed by atoms with Gasteiger partial charge in [-0.1, -0.05) is 41.9 Å². The molecule has 0 aliphatic carbocycles. The lowest BCUT2D eigenvalue weighted by molar-refractivity contribution is 0.629. The molecule has 0 saturated carbocycles. The molecule has 6 heteroatoms. The minimum atomic E-state index is -0.591. The van der Waals surface area contributed by atoms with Crippen LogP contribution in [-0.2, 0) is 0 Å². The SMILES string of the molecule is CCC1CN=C(Nc2cc(Cl)c(F)c(Cl)c2)S1. The summed E-state index contributed by atoms with van der Waals surface area (Å²) < 4.78 is 13.2. The van der Waals surface area contributed by atoms with Gasteiger partial charge in [0.25, 0.3) is 0 Å². The summed E-state index contributed by atoms with van der Waals surface area (Å²) in [6.45, 7) is 2.94. The van der Waals surface area contributed by atoms with E-state index < -0.39 is 5.82 Å². The van der Waals surface area contributed by atoms with Gasteiger partial charge in [0.2, 0.25) is 0 Å². The smallest absolute Gasteiger partial charge is 0.161 e. The number of thioether (sulfide) groups is 1. The fraction of sp³-hybridized carbons (Fsp3) is 0.364. The lowest BCUT2D eigenvalue weighted by Gasteiger charge is -2.08. The number of hydrogen-bond acceptors (Lipinski definition) is 3.